The minimum absolute atomic E-state index is 0.171. The minimum Gasteiger partial charge on any atom is -0.395 e. The van der Waals surface area contributed by atoms with E-state index in [1.807, 2.05) is 6.20 Å². The number of hydrogen-bond acceptors (Lipinski definition) is 4. The summed E-state index contributed by atoms with van der Waals surface area (Å²) in [5, 5.41) is 13.7. The summed E-state index contributed by atoms with van der Waals surface area (Å²) in [5.41, 5.74) is 0. The van der Waals surface area contributed by atoms with Crippen LogP contribution in [-0.4, -0.2) is 22.7 Å². The Balaban J connectivity index is 2.47. The molecule has 1 rings (SSSR count). The molecule has 1 atom stereocenters. The molecule has 0 unspecified atom stereocenters. The fourth-order valence-electron chi connectivity index (χ4n) is 1.41. The molecule has 16 heavy (non-hydrogen) atoms. The van der Waals surface area contributed by atoms with Gasteiger partial charge in [-0.1, -0.05) is 27.7 Å². The first-order valence-corrected chi connectivity index (χ1v) is 6.65. The van der Waals surface area contributed by atoms with Crippen LogP contribution in [0.2, 0.25) is 0 Å². The van der Waals surface area contributed by atoms with Crippen LogP contribution >= 0.6 is 11.3 Å². The van der Waals surface area contributed by atoms with Crippen LogP contribution in [0.5, 0.6) is 0 Å². The maximum atomic E-state index is 9.19. The zero-order valence-electron chi connectivity index (χ0n) is 10.5. The lowest BCUT2D eigenvalue weighted by Gasteiger charge is -2.19. The molecule has 0 spiro atoms. The van der Waals surface area contributed by atoms with Crippen molar-refractivity contribution in [1.29, 1.82) is 0 Å². The van der Waals surface area contributed by atoms with E-state index >= 15 is 0 Å². The summed E-state index contributed by atoms with van der Waals surface area (Å²) in [7, 11) is 0. The van der Waals surface area contributed by atoms with E-state index in [4.69, 9.17) is 0 Å². The van der Waals surface area contributed by atoms with E-state index < -0.39 is 0 Å². The number of nitrogens with one attached hydrogen (secondary N) is 1. The van der Waals surface area contributed by atoms with Crippen LogP contribution in [0.1, 0.15) is 43.5 Å². The van der Waals surface area contributed by atoms with Crippen LogP contribution < -0.4 is 5.32 Å². The molecule has 0 aromatic carbocycles. The van der Waals surface area contributed by atoms with Crippen LogP contribution in [-0.2, 0) is 6.54 Å². The Morgan fingerprint density at radius 1 is 1.38 bits per heavy atom. The van der Waals surface area contributed by atoms with Gasteiger partial charge in [-0.2, -0.15) is 0 Å². The zero-order valence-corrected chi connectivity index (χ0v) is 11.3. The number of nitrogens with zero attached hydrogens (tertiary/aromatic N) is 1. The molecule has 0 aliphatic carbocycles. The molecule has 0 bridgehead atoms. The Morgan fingerprint density at radius 3 is 2.50 bits per heavy atom. The average Bonchev–Trinajstić information content (AvgIpc) is 2.67. The Hall–Kier alpha value is -0.450. The number of aliphatic hydroxyl groups excluding tert-OH is 1. The number of aromatic nitrogens is 1. The fraction of sp³-hybridized carbons (Fsp3) is 0.750. The van der Waals surface area contributed by atoms with Gasteiger partial charge >= 0.3 is 0 Å². The van der Waals surface area contributed by atoms with Gasteiger partial charge in [-0.05, 0) is 5.92 Å². The normalized spacial score (nSPS) is 13.7. The molecule has 4 heteroatoms. The molecule has 0 saturated heterocycles. The van der Waals surface area contributed by atoms with Gasteiger partial charge in [-0.25, -0.2) is 4.98 Å². The van der Waals surface area contributed by atoms with Gasteiger partial charge in [0.1, 0.15) is 0 Å². The van der Waals surface area contributed by atoms with Crippen molar-refractivity contribution in [2.24, 2.45) is 5.92 Å². The summed E-state index contributed by atoms with van der Waals surface area (Å²) >= 11 is 1.75. The van der Waals surface area contributed by atoms with Crippen LogP contribution in [0, 0.1) is 5.92 Å². The molecule has 0 aliphatic heterocycles. The van der Waals surface area contributed by atoms with Gasteiger partial charge in [-0.3, -0.25) is 0 Å². The second kappa shape index (κ2) is 6.33. The largest absolute Gasteiger partial charge is 0.395 e. The van der Waals surface area contributed by atoms with Gasteiger partial charge < -0.3 is 10.4 Å². The van der Waals surface area contributed by atoms with Crippen LogP contribution in [0.15, 0.2) is 6.20 Å². The molecule has 2 N–H and O–H groups in total. The summed E-state index contributed by atoms with van der Waals surface area (Å²) in [6, 6.07) is 0.171. The van der Waals surface area contributed by atoms with Gasteiger partial charge in [0.05, 0.1) is 11.6 Å². The highest BCUT2D eigenvalue weighted by molar-refractivity contribution is 7.11. The number of aliphatic hydroxyl groups is 1. The van der Waals surface area contributed by atoms with E-state index in [1.54, 1.807) is 11.3 Å². The van der Waals surface area contributed by atoms with Gasteiger partial charge in [0.15, 0.2) is 0 Å². The molecule has 92 valence electrons. The Bertz CT molecular complexity index is 310. The van der Waals surface area contributed by atoms with E-state index in [0.717, 1.165) is 6.54 Å². The fourth-order valence-corrected chi connectivity index (χ4v) is 2.28. The lowest BCUT2D eigenvalue weighted by molar-refractivity contribution is 0.210. The van der Waals surface area contributed by atoms with E-state index in [0.29, 0.717) is 11.8 Å². The first-order valence-electron chi connectivity index (χ1n) is 5.83. The van der Waals surface area contributed by atoms with Crippen molar-refractivity contribution in [2.75, 3.05) is 6.61 Å². The van der Waals surface area contributed by atoms with Crippen molar-refractivity contribution < 1.29 is 5.11 Å². The molecule has 0 saturated carbocycles. The summed E-state index contributed by atoms with van der Waals surface area (Å²) in [6.07, 6.45) is 1.93. The summed E-state index contributed by atoms with van der Waals surface area (Å²) in [6.45, 7) is 9.52. The highest BCUT2D eigenvalue weighted by Gasteiger charge is 2.12. The predicted octanol–water partition coefficient (Wildman–Crippen LogP) is 2.37. The van der Waals surface area contributed by atoms with Gasteiger partial charge in [-0.15, -0.1) is 11.3 Å². The Labute approximate surface area is 102 Å². The Morgan fingerprint density at radius 2 is 2.06 bits per heavy atom. The number of hydrogen-bond donors (Lipinski definition) is 2. The third-order valence-corrected chi connectivity index (χ3v) is 3.90. The van der Waals surface area contributed by atoms with Crippen molar-refractivity contribution in [1.82, 2.24) is 10.3 Å². The van der Waals surface area contributed by atoms with Gasteiger partial charge in [0, 0.05) is 29.6 Å². The molecule has 3 nitrogen and oxygen atoms in total. The molecule has 0 fully saturated rings. The quantitative estimate of drug-likeness (QED) is 0.805. The second-order valence-corrected chi connectivity index (χ2v) is 5.88. The van der Waals surface area contributed by atoms with Crippen molar-refractivity contribution >= 4 is 11.3 Å². The lowest BCUT2D eigenvalue weighted by atomic mass is 10.1. The third kappa shape index (κ3) is 3.85. The van der Waals surface area contributed by atoms with E-state index in [9.17, 15) is 5.11 Å². The predicted molar refractivity (Wildman–Crippen MR) is 68.8 cm³/mol. The van der Waals surface area contributed by atoms with Crippen molar-refractivity contribution in [3.05, 3.63) is 16.1 Å². The van der Waals surface area contributed by atoms with E-state index in [-0.39, 0.29) is 12.6 Å². The monoisotopic (exact) mass is 242 g/mol. The minimum atomic E-state index is 0.171. The molecule has 0 aliphatic rings. The zero-order chi connectivity index (χ0) is 12.1. The number of thiazole rings is 1. The molecule has 1 aromatic rings. The molecular weight excluding hydrogens is 220 g/mol. The van der Waals surface area contributed by atoms with E-state index in [1.165, 1.54) is 9.88 Å². The average molecular weight is 242 g/mol. The maximum absolute atomic E-state index is 9.19. The molecule has 0 amide bonds. The molecule has 0 radical (unpaired) electrons. The third-order valence-electron chi connectivity index (χ3n) is 2.61. The summed E-state index contributed by atoms with van der Waals surface area (Å²) < 4.78 is 0. The van der Waals surface area contributed by atoms with Crippen LogP contribution in [0.25, 0.3) is 0 Å². The summed E-state index contributed by atoms with van der Waals surface area (Å²) in [4.78, 5) is 5.62. The molecule has 1 aromatic heterocycles. The Kier molecular flexibility index (Phi) is 5.38. The smallest absolute Gasteiger partial charge is 0.0953 e. The maximum Gasteiger partial charge on any atom is 0.0953 e. The standard InChI is InChI=1S/C12H22N2OS/c1-8(2)11(7-15)13-5-10-6-14-12(16-10)9(3)4/h6,8-9,11,13,15H,5,7H2,1-4H3/t11-/m1/s1. The first-order chi connectivity index (χ1) is 7.54. The number of rotatable bonds is 6. The van der Waals surface area contributed by atoms with E-state index in [2.05, 4.69) is 38.0 Å². The molecule has 1 heterocycles. The van der Waals surface area contributed by atoms with Crippen LogP contribution in [0.4, 0.5) is 0 Å². The topological polar surface area (TPSA) is 45.2 Å². The highest BCUT2D eigenvalue weighted by Crippen LogP contribution is 2.21. The SMILES string of the molecule is CC(C)c1ncc(CN[C@H](CO)C(C)C)s1. The first kappa shape index (κ1) is 13.6. The highest BCUT2D eigenvalue weighted by atomic mass is 32.1. The summed E-state index contributed by atoms with van der Waals surface area (Å²) in [5.74, 6) is 0.944. The van der Waals surface area contributed by atoms with Crippen molar-refractivity contribution in [3.63, 3.8) is 0 Å². The second-order valence-electron chi connectivity index (χ2n) is 4.73. The van der Waals surface area contributed by atoms with Crippen molar-refractivity contribution in [3.8, 4) is 0 Å². The van der Waals surface area contributed by atoms with Gasteiger partial charge in [0.2, 0.25) is 0 Å². The van der Waals surface area contributed by atoms with Crippen molar-refractivity contribution in [2.45, 2.75) is 46.2 Å². The van der Waals surface area contributed by atoms with Gasteiger partial charge in [0.25, 0.3) is 0 Å². The molecular formula is C12H22N2OS. The lowest BCUT2D eigenvalue weighted by Crippen LogP contribution is -2.36. The van der Waals surface area contributed by atoms with Crippen LogP contribution in [0.3, 0.4) is 0 Å².